The molecule has 0 saturated carbocycles. The highest BCUT2D eigenvalue weighted by molar-refractivity contribution is 7.47. The third kappa shape index (κ3) is 71.7. The second-order valence-corrected chi connectivity index (χ2v) is 30.3. The minimum atomic E-state index is -4.97. The normalized spacial score (nSPS) is 14.1. The molecule has 19 heteroatoms. The summed E-state index contributed by atoms with van der Waals surface area (Å²) in [5, 5.41) is 10.6. The Labute approximate surface area is 598 Å². The second-order valence-electron chi connectivity index (χ2n) is 27.4. The van der Waals surface area contributed by atoms with Gasteiger partial charge in [-0.1, -0.05) is 295 Å². The van der Waals surface area contributed by atoms with Crippen molar-refractivity contribution in [3.63, 3.8) is 0 Å². The van der Waals surface area contributed by atoms with E-state index in [0.29, 0.717) is 25.7 Å². The second kappa shape index (κ2) is 72.6. The highest BCUT2D eigenvalue weighted by atomic mass is 31.2. The molecule has 0 rings (SSSR count). The van der Waals surface area contributed by atoms with Crippen LogP contribution in [0.3, 0.4) is 0 Å². The number of carbonyl (C=O) groups excluding carboxylic acids is 4. The van der Waals surface area contributed by atoms with Crippen molar-refractivity contribution in [3.05, 3.63) is 36.5 Å². The van der Waals surface area contributed by atoms with Crippen molar-refractivity contribution in [1.29, 1.82) is 0 Å². The summed E-state index contributed by atoms with van der Waals surface area (Å²) < 4.78 is 68.6. The fraction of sp³-hybridized carbons (Fsp3) is 0.873. The first-order valence-electron chi connectivity index (χ1n) is 40.2. The number of phosphoric ester groups is 2. The van der Waals surface area contributed by atoms with Gasteiger partial charge in [-0.3, -0.25) is 37.3 Å². The molecule has 3 N–H and O–H groups in total. The van der Waals surface area contributed by atoms with Crippen LogP contribution in [0.25, 0.3) is 0 Å². The molecule has 2 unspecified atom stereocenters. The van der Waals surface area contributed by atoms with E-state index in [1.165, 1.54) is 173 Å². The Morgan fingerprint density at radius 1 is 0.276 bits per heavy atom. The lowest BCUT2D eigenvalue weighted by Gasteiger charge is -2.21. The van der Waals surface area contributed by atoms with Crippen LogP contribution in [-0.4, -0.2) is 96.7 Å². The lowest BCUT2D eigenvalue weighted by atomic mass is 10.0. The molecule has 0 spiro atoms. The van der Waals surface area contributed by atoms with Gasteiger partial charge in [0.1, 0.15) is 19.3 Å². The van der Waals surface area contributed by atoms with Crippen LogP contribution in [0.15, 0.2) is 36.5 Å². The zero-order valence-electron chi connectivity index (χ0n) is 63.0. The summed E-state index contributed by atoms with van der Waals surface area (Å²) in [6.45, 7) is 4.91. The van der Waals surface area contributed by atoms with Crippen LogP contribution in [0.2, 0.25) is 0 Å². The summed E-state index contributed by atoms with van der Waals surface area (Å²) in [5.74, 6) is -2.16. The molecule has 0 fully saturated rings. The first-order valence-corrected chi connectivity index (χ1v) is 43.2. The van der Waals surface area contributed by atoms with E-state index in [9.17, 15) is 43.2 Å². The third-order valence-corrected chi connectivity index (χ3v) is 19.5. The number of aliphatic hydroxyl groups excluding tert-OH is 1. The quantitative estimate of drug-likeness (QED) is 0.0169. The number of unbranched alkanes of at least 4 members (excludes halogenated alkanes) is 45. The molecule has 576 valence electrons. The number of hydrogen-bond acceptors (Lipinski definition) is 15. The van der Waals surface area contributed by atoms with Gasteiger partial charge in [-0.2, -0.15) is 0 Å². The Hall–Kier alpha value is -2.72. The number of allylic oxidation sites excluding steroid dienone is 6. The molecule has 0 aromatic rings. The van der Waals surface area contributed by atoms with Gasteiger partial charge in [0.2, 0.25) is 0 Å². The standard InChI is InChI=1S/C79H148O17P2/c1-5-9-13-17-21-25-29-33-36-40-43-47-51-55-59-63-76(81)89-69-74(95-78(83)65-61-57-53-49-45-39-32-28-24-20-16-12-8-4)71-93-97(85,86)91-67-73(80)68-92-98(87,88)94-72-75(96-79(84)66-62-58-54-50-46-42-38-35-31-27-23-19-15-11-7-3)70-90-77(82)64-60-56-52-48-44-41-37-34-30-26-22-18-14-10-6-2/h28,32,34-35,37-38,73-75,80H,5-27,29-31,33,36,39-72H2,1-4H3,(H,85,86)(H,87,88)/b32-28-,37-34-,38-35-/t73-,74+,75+/m0/s1. The van der Waals surface area contributed by atoms with Crippen LogP contribution in [0.1, 0.15) is 387 Å². The van der Waals surface area contributed by atoms with Gasteiger partial charge in [-0.25, -0.2) is 9.13 Å². The highest BCUT2D eigenvalue weighted by Gasteiger charge is 2.30. The molecule has 0 aromatic heterocycles. The monoisotopic (exact) mass is 1430 g/mol. The van der Waals surface area contributed by atoms with Crippen LogP contribution in [-0.2, 0) is 65.4 Å². The molecule has 0 aliphatic carbocycles. The van der Waals surface area contributed by atoms with Crippen LogP contribution >= 0.6 is 15.6 Å². The van der Waals surface area contributed by atoms with E-state index in [-0.39, 0.29) is 25.7 Å². The Morgan fingerprint density at radius 2 is 0.469 bits per heavy atom. The van der Waals surface area contributed by atoms with Crippen LogP contribution in [0.4, 0.5) is 0 Å². The predicted molar refractivity (Wildman–Crippen MR) is 400 cm³/mol. The minimum Gasteiger partial charge on any atom is -0.462 e. The van der Waals surface area contributed by atoms with Crippen LogP contribution in [0.5, 0.6) is 0 Å². The Bertz CT molecular complexity index is 2000. The van der Waals surface area contributed by atoms with E-state index in [0.717, 1.165) is 135 Å². The van der Waals surface area contributed by atoms with E-state index in [1.807, 2.05) is 0 Å². The minimum absolute atomic E-state index is 0.0897. The van der Waals surface area contributed by atoms with Gasteiger partial charge in [0, 0.05) is 25.7 Å². The summed E-state index contributed by atoms with van der Waals surface area (Å²) in [6.07, 6.45) is 68.3. The predicted octanol–water partition coefficient (Wildman–Crippen LogP) is 23.1. The highest BCUT2D eigenvalue weighted by Crippen LogP contribution is 2.45. The number of carbonyl (C=O) groups is 4. The lowest BCUT2D eigenvalue weighted by molar-refractivity contribution is -0.161. The average molecular weight is 1430 g/mol. The Balaban J connectivity index is 5.31. The Kier molecular flexibility index (Phi) is 70.6. The van der Waals surface area contributed by atoms with Crippen molar-refractivity contribution in [1.82, 2.24) is 0 Å². The number of aliphatic hydroxyl groups is 1. The molecule has 0 heterocycles. The largest absolute Gasteiger partial charge is 0.472 e. The SMILES string of the molecule is CCCCCC/C=C\CCCCCCCC(=O)O[C@H](COC(=O)CCCCCCCCCCCCCCCCC)COP(=O)(O)OC[C@H](O)COP(=O)(O)OC[C@@H](COC(=O)CCCCCCC/C=C\CCCCCCCC)OC(=O)CCCCCCC/C=C\CCCCCCCC. The zero-order valence-corrected chi connectivity index (χ0v) is 64.8. The first-order chi connectivity index (χ1) is 47.7. The first kappa shape index (κ1) is 95.3. The van der Waals surface area contributed by atoms with Crippen molar-refractivity contribution in [2.75, 3.05) is 39.6 Å². The molecule has 5 atom stereocenters. The maximum absolute atomic E-state index is 13.1. The number of esters is 4. The smallest absolute Gasteiger partial charge is 0.462 e. The molecule has 17 nitrogen and oxygen atoms in total. The summed E-state index contributed by atoms with van der Waals surface area (Å²) in [4.78, 5) is 72.9. The number of ether oxygens (including phenoxy) is 4. The molecule has 0 saturated heterocycles. The van der Waals surface area contributed by atoms with Gasteiger partial charge in [-0.05, 0) is 103 Å². The Morgan fingerprint density at radius 3 is 0.714 bits per heavy atom. The molecule has 0 amide bonds. The van der Waals surface area contributed by atoms with E-state index in [2.05, 4.69) is 64.2 Å². The maximum atomic E-state index is 13.1. The van der Waals surface area contributed by atoms with E-state index in [1.54, 1.807) is 0 Å². The molecule has 0 bridgehead atoms. The van der Waals surface area contributed by atoms with Gasteiger partial charge in [-0.15, -0.1) is 0 Å². The van der Waals surface area contributed by atoms with Crippen LogP contribution < -0.4 is 0 Å². The topological polar surface area (TPSA) is 237 Å². The number of rotatable bonds is 77. The van der Waals surface area contributed by atoms with Gasteiger partial charge in [0.15, 0.2) is 12.2 Å². The van der Waals surface area contributed by atoms with Crippen molar-refractivity contribution in [3.8, 4) is 0 Å². The van der Waals surface area contributed by atoms with Gasteiger partial charge < -0.3 is 33.8 Å². The maximum Gasteiger partial charge on any atom is 0.472 e. The lowest BCUT2D eigenvalue weighted by Crippen LogP contribution is -2.30. The fourth-order valence-electron chi connectivity index (χ4n) is 11.4. The summed E-state index contributed by atoms with van der Waals surface area (Å²) in [5.41, 5.74) is 0. The van der Waals surface area contributed by atoms with Crippen molar-refractivity contribution in [2.24, 2.45) is 0 Å². The number of phosphoric acid groups is 2. The van der Waals surface area contributed by atoms with E-state index >= 15 is 0 Å². The van der Waals surface area contributed by atoms with Crippen molar-refractivity contribution >= 4 is 39.5 Å². The van der Waals surface area contributed by atoms with Gasteiger partial charge >= 0.3 is 39.5 Å². The van der Waals surface area contributed by atoms with Crippen molar-refractivity contribution in [2.45, 2.75) is 406 Å². The molecule has 98 heavy (non-hydrogen) atoms. The molecule has 0 aliphatic rings. The average Bonchev–Trinajstić information content (AvgIpc) is 1.07. The van der Waals surface area contributed by atoms with Gasteiger partial charge in [0.05, 0.1) is 26.4 Å². The molecular weight excluding hydrogens is 1280 g/mol. The van der Waals surface area contributed by atoms with Crippen molar-refractivity contribution < 1.29 is 80.2 Å². The fourth-order valence-corrected chi connectivity index (χ4v) is 13.0. The molecule has 0 aromatic carbocycles. The summed E-state index contributed by atoms with van der Waals surface area (Å²) in [6, 6.07) is 0. The van der Waals surface area contributed by atoms with Gasteiger partial charge in [0.25, 0.3) is 0 Å². The molecular formula is C79H148O17P2. The van der Waals surface area contributed by atoms with Crippen LogP contribution in [0, 0.1) is 0 Å². The summed E-state index contributed by atoms with van der Waals surface area (Å²) in [7, 11) is -9.94. The zero-order chi connectivity index (χ0) is 71.8. The molecule has 0 aliphatic heterocycles. The summed E-state index contributed by atoms with van der Waals surface area (Å²) >= 11 is 0. The van der Waals surface area contributed by atoms with E-state index < -0.39 is 97.5 Å². The number of hydrogen-bond donors (Lipinski definition) is 3. The van der Waals surface area contributed by atoms with E-state index in [4.69, 9.17) is 37.0 Å². The third-order valence-electron chi connectivity index (χ3n) is 17.6. The molecule has 0 radical (unpaired) electrons.